The minimum atomic E-state index is 0.823. The maximum absolute atomic E-state index is 4.91. The van der Waals surface area contributed by atoms with Crippen LogP contribution < -0.4 is 0 Å². The summed E-state index contributed by atoms with van der Waals surface area (Å²) in [7, 11) is 0. The van der Waals surface area contributed by atoms with Crippen molar-refractivity contribution in [2.24, 2.45) is 0 Å². The van der Waals surface area contributed by atoms with Gasteiger partial charge < -0.3 is 0 Å². The first-order valence-electron chi connectivity index (χ1n) is 9.47. The van der Waals surface area contributed by atoms with Crippen LogP contribution >= 0.6 is 27.3 Å². The summed E-state index contributed by atoms with van der Waals surface area (Å²) in [4.78, 5) is 13.4. The first kappa shape index (κ1) is 18.0. The van der Waals surface area contributed by atoms with Gasteiger partial charge in [0.15, 0.2) is 5.82 Å². The van der Waals surface area contributed by atoms with Crippen molar-refractivity contribution >= 4 is 37.4 Å². The normalized spacial score (nSPS) is 14.4. The lowest BCUT2D eigenvalue weighted by molar-refractivity contribution is 0.243. The second-order valence-electron chi connectivity index (χ2n) is 7.33. The Hall–Kier alpha value is -2.08. The van der Waals surface area contributed by atoms with E-state index in [0.717, 1.165) is 43.1 Å². The lowest BCUT2D eigenvalue weighted by Gasteiger charge is -2.27. The topological polar surface area (TPSA) is 29.0 Å². The molecule has 0 bridgehead atoms. The average Bonchev–Trinajstić information content (AvgIpc) is 3.04. The lowest BCUT2D eigenvalue weighted by atomic mass is 10.1. The molecule has 3 heterocycles. The summed E-state index contributed by atoms with van der Waals surface area (Å²) in [5.74, 6) is 0.823. The second-order valence-corrected chi connectivity index (χ2v) is 9.26. The zero-order valence-electron chi connectivity index (χ0n) is 15.7. The largest absolute Gasteiger partial charge is 0.292 e. The van der Waals surface area contributed by atoms with E-state index >= 15 is 0 Å². The standard InChI is InChI=1S/C23H20BrN3S/c1-15-6-8-16(9-7-15)23-25-12-17-10-11-27(13-19(17)26-23)14-21-22(24)18-4-2-3-5-20(18)28-21/h2-9,12H,10-11,13-14H2,1H3. The van der Waals surface area contributed by atoms with Crippen LogP contribution in [0.1, 0.15) is 21.7 Å². The van der Waals surface area contributed by atoms with E-state index in [1.165, 1.54) is 30.6 Å². The minimum absolute atomic E-state index is 0.823. The molecule has 1 aliphatic heterocycles. The Labute approximate surface area is 177 Å². The van der Waals surface area contributed by atoms with Crippen LogP contribution in [0.2, 0.25) is 0 Å². The minimum Gasteiger partial charge on any atom is -0.292 e. The van der Waals surface area contributed by atoms with E-state index in [0.29, 0.717) is 0 Å². The Morgan fingerprint density at radius 1 is 1.11 bits per heavy atom. The third kappa shape index (κ3) is 3.39. The van der Waals surface area contributed by atoms with Crippen LogP contribution in [-0.2, 0) is 19.5 Å². The van der Waals surface area contributed by atoms with Crippen molar-refractivity contribution in [3.8, 4) is 11.4 Å². The van der Waals surface area contributed by atoms with Crippen molar-refractivity contribution in [3.05, 3.63) is 80.9 Å². The van der Waals surface area contributed by atoms with E-state index in [1.807, 2.05) is 17.5 Å². The van der Waals surface area contributed by atoms with Gasteiger partial charge in [0.05, 0.1) is 5.69 Å². The molecule has 0 unspecified atom stereocenters. The first-order chi connectivity index (χ1) is 13.7. The maximum atomic E-state index is 4.91. The summed E-state index contributed by atoms with van der Waals surface area (Å²) in [5.41, 5.74) is 4.77. The number of thiophene rings is 1. The molecule has 28 heavy (non-hydrogen) atoms. The number of aryl methyl sites for hydroxylation is 1. The Bertz CT molecular complexity index is 1150. The number of hydrogen-bond acceptors (Lipinski definition) is 4. The summed E-state index contributed by atoms with van der Waals surface area (Å²) in [6, 6.07) is 17.0. The van der Waals surface area contributed by atoms with Crippen LogP contribution in [0, 0.1) is 6.92 Å². The average molecular weight is 450 g/mol. The highest BCUT2D eigenvalue weighted by Crippen LogP contribution is 2.36. The molecule has 0 saturated heterocycles. The molecule has 2 aromatic carbocycles. The van der Waals surface area contributed by atoms with Gasteiger partial charge in [0.2, 0.25) is 0 Å². The van der Waals surface area contributed by atoms with E-state index in [2.05, 4.69) is 81.3 Å². The van der Waals surface area contributed by atoms with Crippen LogP contribution in [0.5, 0.6) is 0 Å². The maximum Gasteiger partial charge on any atom is 0.159 e. The lowest BCUT2D eigenvalue weighted by Crippen LogP contribution is -2.30. The quantitative estimate of drug-likeness (QED) is 0.384. The van der Waals surface area contributed by atoms with Crippen LogP contribution in [0.3, 0.4) is 0 Å². The molecule has 0 saturated carbocycles. The third-order valence-corrected chi connectivity index (χ3v) is 7.63. The third-order valence-electron chi connectivity index (χ3n) is 5.30. The Morgan fingerprint density at radius 2 is 1.93 bits per heavy atom. The Morgan fingerprint density at radius 3 is 2.75 bits per heavy atom. The van der Waals surface area contributed by atoms with E-state index in [1.54, 1.807) is 0 Å². The van der Waals surface area contributed by atoms with Crippen molar-refractivity contribution in [1.29, 1.82) is 0 Å². The highest BCUT2D eigenvalue weighted by Gasteiger charge is 2.21. The molecule has 0 amide bonds. The number of aromatic nitrogens is 2. The Kier molecular flexibility index (Phi) is 4.75. The van der Waals surface area contributed by atoms with Gasteiger partial charge in [-0.25, -0.2) is 9.97 Å². The molecule has 0 spiro atoms. The highest BCUT2D eigenvalue weighted by molar-refractivity contribution is 9.10. The fourth-order valence-corrected chi connectivity index (χ4v) is 5.69. The fourth-order valence-electron chi connectivity index (χ4n) is 3.70. The van der Waals surface area contributed by atoms with Crippen molar-refractivity contribution in [1.82, 2.24) is 14.9 Å². The molecule has 5 rings (SSSR count). The summed E-state index contributed by atoms with van der Waals surface area (Å²) < 4.78 is 2.58. The van der Waals surface area contributed by atoms with Crippen LogP contribution in [0.25, 0.3) is 21.5 Å². The van der Waals surface area contributed by atoms with Gasteiger partial charge in [-0.15, -0.1) is 11.3 Å². The first-order valence-corrected chi connectivity index (χ1v) is 11.1. The zero-order valence-corrected chi connectivity index (χ0v) is 18.1. The van der Waals surface area contributed by atoms with E-state index in [-0.39, 0.29) is 0 Å². The molecule has 2 aromatic heterocycles. The van der Waals surface area contributed by atoms with Gasteiger partial charge in [-0.05, 0) is 40.9 Å². The van der Waals surface area contributed by atoms with Crippen LogP contribution in [0.15, 0.2) is 59.2 Å². The molecular formula is C23H20BrN3S. The zero-order chi connectivity index (χ0) is 19.1. The molecule has 140 valence electrons. The summed E-state index contributed by atoms with van der Waals surface area (Å²) in [5, 5.41) is 1.31. The van der Waals surface area contributed by atoms with Crippen LogP contribution in [-0.4, -0.2) is 21.4 Å². The molecule has 1 aliphatic rings. The number of benzene rings is 2. The van der Waals surface area contributed by atoms with Gasteiger partial charge in [-0.1, -0.05) is 48.0 Å². The Balaban J connectivity index is 1.40. The molecule has 3 nitrogen and oxygen atoms in total. The molecule has 5 heteroatoms. The molecule has 0 N–H and O–H groups in total. The predicted octanol–water partition coefficient (Wildman–Crippen LogP) is 5.99. The van der Waals surface area contributed by atoms with Crippen LogP contribution in [0.4, 0.5) is 0 Å². The van der Waals surface area contributed by atoms with Gasteiger partial charge in [0.25, 0.3) is 0 Å². The highest BCUT2D eigenvalue weighted by atomic mass is 79.9. The number of rotatable bonds is 3. The summed E-state index contributed by atoms with van der Waals surface area (Å²) in [6.45, 7) is 4.96. The van der Waals surface area contributed by atoms with E-state index in [9.17, 15) is 0 Å². The van der Waals surface area contributed by atoms with Crippen molar-refractivity contribution in [3.63, 3.8) is 0 Å². The molecule has 0 atom stereocenters. The summed E-state index contributed by atoms with van der Waals surface area (Å²) >= 11 is 5.70. The number of nitrogens with zero attached hydrogens (tertiary/aromatic N) is 3. The smallest absolute Gasteiger partial charge is 0.159 e. The van der Waals surface area contributed by atoms with Crippen molar-refractivity contribution in [2.75, 3.05) is 6.54 Å². The SMILES string of the molecule is Cc1ccc(-c2ncc3c(n2)CN(Cc2sc4ccccc4c2Br)CC3)cc1. The van der Waals surface area contributed by atoms with E-state index in [4.69, 9.17) is 4.98 Å². The predicted molar refractivity (Wildman–Crippen MR) is 120 cm³/mol. The molecule has 0 aliphatic carbocycles. The fraction of sp³-hybridized carbons (Fsp3) is 0.217. The van der Waals surface area contributed by atoms with Gasteiger partial charge in [0.1, 0.15) is 0 Å². The van der Waals surface area contributed by atoms with Gasteiger partial charge in [-0.3, -0.25) is 4.90 Å². The molecule has 0 radical (unpaired) electrons. The number of halogens is 1. The second kappa shape index (κ2) is 7.39. The monoisotopic (exact) mass is 449 g/mol. The van der Waals surface area contributed by atoms with Gasteiger partial charge >= 0.3 is 0 Å². The van der Waals surface area contributed by atoms with Gasteiger partial charge in [0, 0.05) is 50.8 Å². The molecule has 0 fully saturated rings. The number of fused-ring (bicyclic) bond motifs is 2. The van der Waals surface area contributed by atoms with Gasteiger partial charge in [-0.2, -0.15) is 0 Å². The molecular weight excluding hydrogens is 430 g/mol. The summed E-state index contributed by atoms with van der Waals surface area (Å²) in [6.07, 6.45) is 3.02. The van der Waals surface area contributed by atoms with Crippen molar-refractivity contribution in [2.45, 2.75) is 26.4 Å². The number of hydrogen-bond donors (Lipinski definition) is 0. The van der Waals surface area contributed by atoms with E-state index < -0.39 is 0 Å². The molecule has 4 aromatic rings. The van der Waals surface area contributed by atoms with Crippen molar-refractivity contribution < 1.29 is 0 Å².